The molecule has 0 aliphatic rings. The van der Waals surface area contributed by atoms with Gasteiger partial charge in [-0.2, -0.15) is 5.10 Å². The molecular formula is C14H19N3O2. The van der Waals surface area contributed by atoms with Gasteiger partial charge in [-0.3, -0.25) is 4.68 Å². The largest absolute Gasteiger partial charge is 0.508 e. The molecule has 5 heteroatoms. The lowest BCUT2D eigenvalue weighted by atomic mass is 9.95. The summed E-state index contributed by atoms with van der Waals surface area (Å²) in [4.78, 5) is 0. The Labute approximate surface area is 112 Å². The van der Waals surface area contributed by atoms with Gasteiger partial charge in [0.05, 0.1) is 18.8 Å². The molecule has 0 saturated carbocycles. The fourth-order valence-corrected chi connectivity index (χ4v) is 2.25. The van der Waals surface area contributed by atoms with E-state index in [0.29, 0.717) is 13.1 Å². The van der Waals surface area contributed by atoms with E-state index in [4.69, 9.17) is 10.8 Å². The van der Waals surface area contributed by atoms with E-state index in [1.165, 1.54) is 0 Å². The SMILES string of the molecule is Cc1cc(C(CN)c2ccc(O)cc2)n(CCO)n1. The number of rotatable bonds is 5. The topological polar surface area (TPSA) is 84.3 Å². The fraction of sp³-hybridized carbons (Fsp3) is 0.357. The predicted molar refractivity (Wildman–Crippen MR) is 73.1 cm³/mol. The van der Waals surface area contributed by atoms with Crippen LogP contribution in [0.1, 0.15) is 22.9 Å². The Hall–Kier alpha value is -1.85. The number of aliphatic hydroxyl groups is 1. The first kappa shape index (κ1) is 13.6. The minimum absolute atomic E-state index is 0.00773. The average Bonchev–Trinajstić information content (AvgIpc) is 2.74. The predicted octanol–water partition coefficient (Wildman–Crippen LogP) is 0.980. The molecule has 0 fully saturated rings. The number of aliphatic hydroxyl groups excluding tert-OH is 1. The van der Waals surface area contributed by atoms with Crippen LogP contribution in [0, 0.1) is 6.92 Å². The second-order valence-corrected chi connectivity index (χ2v) is 4.54. The summed E-state index contributed by atoms with van der Waals surface area (Å²) in [6.45, 7) is 2.86. The number of aromatic hydroxyl groups is 1. The fourth-order valence-electron chi connectivity index (χ4n) is 2.25. The van der Waals surface area contributed by atoms with Crippen molar-refractivity contribution < 1.29 is 10.2 Å². The maximum Gasteiger partial charge on any atom is 0.115 e. The lowest BCUT2D eigenvalue weighted by molar-refractivity contribution is 0.266. The zero-order chi connectivity index (χ0) is 13.8. The standard InChI is InChI=1S/C14H19N3O2/c1-10-8-14(17(16-10)6-7-18)13(9-15)11-2-4-12(19)5-3-11/h2-5,8,13,18-19H,6-7,9,15H2,1H3. The number of phenols is 1. The zero-order valence-corrected chi connectivity index (χ0v) is 11.0. The van der Waals surface area contributed by atoms with E-state index in [-0.39, 0.29) is 18.3 Å². The molecule has 0 radical (unpaired) electrons. The van der Waals surface area contributed by atoms with Crippen LogP contribution in [0.4, 0.5) is 0 Å². The highest BCUT2D eigenvalue weighted by Gasteiger charge is 2.18. The van der Waals surface area contributed by atoms with Crippen molar-refractivity contribution in [2.24, 2.45) is 5.73 Å². The Balaban J connectivity index is 2.38. The van der Waals surface area contributed by atoms with Gasteiger partial charge in [0.15, 0.2) is 0 Å². The molecule has 0 aliphatic heterocycles. The van der Waals surface area contributed by atoms with Crippen LogP contribution in [0.5, 0.6) is 5.75 Å². The highest BCUT2D eigenvalue weighted by molar-refractivity contribution is 5.34. The van der Waals surface area contributed by atoms with Crippen LogP contribution in [-0.2, 0) is 6.54 Å². The lowest BCUT2D eigenvalue weighted by Gasteiger charge is -2.17. The number of phenolic OH excluding ortho intramolecular Hbond substituents is 1. The van der Waals surface area contributed by atoms with Crippen LogP contribution in [0.25, 0.3) is 0 Å². The van der Waals surface area contributed by atoms with Crippen molar-refractivity contribution >= 4 is 0 Å². The first-order valence-corrected chi connectivity index (χ1v) is 6.30. The molecule has 1 atom stereocenters. The van der Waals surface area contributed by atoms with Crippen molar-refractivity contribution in [3.63, 3.8) is 0 Å². The molecule has 0 bridgehead atoms. The zero-order valence-electron chi connectivity index (χ0n) is 11.0. The highest BCUT2D eigenvalue weighted by atomic mass is 16.3. The number of nitrogens with zero attached hydrogens (tertiary/aromatic N) is 2. The van der Waals surface area contributed by atoms with Gasteiger partial charge in [-0.15, -0.1) is 0 Å². The summed E-state index contributed by atoms with van der Waals surface area (Å²) in [5.41, 5.74) is 8.80. The van der Waals surface area contributed by atoms with Gasteiger partial charge in [0.2, 0.25) is 0 Å². The molecule has 0 amide bonds. The van der Waals surface area contributed by atoms with Gasteiger partial charge in [-0.25, -0.2) is 0 Å². The molecule has 19 heavy (non-hydrogen) atoms. The van der Waals surface area contributed by atoms with Crippen LogP contribution in [0.2, 0.25) is 0 Å². The number of hydrogen-bond acceptors (Lipinski definition) is 4. The van der Waals surface area contributed by atoms with E-state index in [9.17, 15) is 5.11 Å². The van der Waals surface area contributed by atoms with Crippen molar-refractivity contribution in [3.8, 4) is 5.75 Å². The molecule has 0 saturated heterocycles. The van der Waals surface area contributed by atoms with Crippen LogP contribution in [-0.4, -0.2) is 33.1 Å². The molecule has 5 nitrogen and oxygen atoms in total. The quantitative estimate of drug-likeness (QED) is 0.749. The van der Waals surface area contributed by atoms with Crippen molar-refractivity contribution in [3.05, 3.63) is 47.3 Å². The Bertz CT molecular complexity index is 534. The van der Waals surface area contributed by atoms with Gasteiger partial charge >= 0.3 is 0 Å². The summed E-state index contributed by atoms with van der Waals surface area (Å²) in [7, 11) is 0. The third-order valence-corrected chi connectivity index (χ3v) is 3.13. The Kier molecular flexibility index (Phi) is 4.19. The van der Waals surface area contributed by atoms with E-state index in [0.717, 1.165) is 17.0 Å². The molecule has 2 aromatic rings. The first-order chi connectivity index (χ1) is 9.15. The Morgan fingerprint density at radius 1 is 1.32 bits per heavy atom. The first-order valence-electron chi connectivity index (χ1n) is 6.30. The molecule has 0 spiro atoms. The third kappa shape index (κ3) is 2.94. The van der Waals surface area contributed by atoms with Crippen molar-refractivity contribution in [2.75, 3.05) is 13.2 Å². The summed E-state index contributed by atoms with van der Waals surface area (Å²) in [6, 6.07) is 9.01. The number of nitrogens with two attached hydrogens (primary N) is 1. The molecular weight excluding hydrogens is 242 g/mol. The van der Waals surface area contributed by atoms with Gasteiger partial charge < -0.3 is 15.9 Å². The molecule has 1 aromatic carbocycles. The van der Waals surface area contributed by atoms with Crippen LogP contribution < -0.4 is 5.73 Å². The molecule has 2 rings (SSSR count). The molecule has 1 aromatic heterocycles. The van der Waals surface area contributed by atoms with Crippen LogP contribution >= 0.6 is 0 Å². The number of aromatic nitrogens is 2. The van der Waals surface area contributed by atoms with E-state index < -0.39 is 0 Å². The van der Waals surface area contributed by atoms with Gasteiger partial charge in [-0.1, -0.05) is 12.1 Å². The molecule has 1 heterocycles. The third-order valence-electron chi connectivity index (χ3n) is 3.13. The second-order valence-electron chi connectivity index (χ2n) is 4.54. The Morgan fingerprint density at radius 2 is 2.00 bits per heavy atom. The van der Waals surface area contributed by atoms with E-state index in [1.54, 1.807) is 16.8 Å². The van der Waals surface area contributed by atoms with Gasteiger partial charge in [0, 0.05) is 18.2 Å². The molecule has 1 unspecified atom stereocenters. The molecule has 0 aliphatic carbocycles. The van der Waals surface area contributed by atoms with Crippen molar-refractivity contribution in [1.82, 2.24) is 9.78 Å². The number of benzene rings is 1. The summed E-state index contributed by atoms with van der Waals surface area (Å²) < 4.78 is 1.79. The van der Waals surface area contributed by atoms with Gasteiger partial charge in [-0.05, 0) is 30.7 Å². The van der Waals surface area contributed by atoms with Gasteiger partial charge in [0.1, 0.15) is 5.75 Å². The second kappa shape index (κ2) is 5.86. The monoisotopic (exact) mass is 261 g/mol. The summed E-state index contributed by atoms with van der Waals surface area (Å²) >= 11 is 0. The normalized spacial score (nSPS) is 12.6. The summed E-state index contributed by atoms with van der Waals surface area (Å²) in [5.74, 6) is 0.243. The number of aryl methyl sites for hydroxylation is 1. The smallest absolute Gasteiger partial charge is 0.115 e. The Morgan fingerprint density at radius 3 is 2.58 bits per heavy atom. The van der Waals surface area contributed by atoms with Crippen LogP contribution in [0.15, 0.2) is 30.3 Å². The highest BCUT2D eigenvalue weighted by Crippen LogP contribution is 2.25. The minimum atomic E-state index is 0.00773. The van der Waals surface area contributed by atoms with Gasteiger partial charge in [0.25, 0.3) is 0 Å². The number of hydrogen-bond donors (Lipinski definition) is 3. The molecule has 102 valence electrons. The van der Waals surface area contributed by atoms with Crippen molar-refractivity contribution in [2.45, 2.75) is 19.4 Å². The lowest BCUT2D eigenvalue weighted by Crippen LogP contribution is -2.19. The van der Waals surface area contributed by atoms with E-state index >= 15 is 0 Å². The van der Waals surface area contributed by atoms with Crippen molar-refractivity contribution in [1.29, 1.82) is 0 Å². The van der Waals surface area contributed by atoms with E-state index in [1.807, 2.05) is 25.1 Å². The summed E-state index contributed by atoms with van der Waals surface area (Å²) in [6.07, 6.45) is 0. The maximum absolute atomic E-state index is 9.34. The van der Waals surface area contributed by atoms with E-state index in [2.05, 4.69) is 5.10 Å². The average molecular weight is 261 g/mol. The molecule has 4 N–H and O–H groups in total. The maximum atomic E-state index is 9.34. The minimum Gasteiger partial charge on any atom is -0.508 e. The van der Waals surface area contributed by atoms with Crippen LogP contribution in [0.3, 0.4) is 0 Å². The summed E-state index contributed by atoms with van der Waals surface area (Å²) in [5, 5.41) is 22.8.